The highest BCUT2D eigenvalue weighted by Crippen LogP contribution is 2.75. The van der Waals surface area contributed by atoms with E-state index >= 15 is 0 Å². The van der Waals surface area contributed by atoms with Crippen LogP contribution >= 0.6 is 0 Å². The molecular formula is C18H30O2. The van der Waals surface area contributed by atoms with Crippen molar-refractivity contribution in [2.75, 3.05) is 0 Å². The first-order chi connectivity index (χ1) is 9.12. The number of rotatable bonds is 0. The molecule has 6 atom stereocenters. The van der Waals surface area contributed by atoms with E-state index in [1.165, 1.54) is 25.7 Å². The van der Waals surface area contributed by atoms with Crippen molar-refractivity contribution in [1.29, 1.82) is 0 Å². The first-order valence-corrected chi connectivity index (χ1v) is 8.50. The maximum Gasteiger partial charge on any atom is 0.164 e. The lowest BCUT2D eigenvalue weighted by molar-refractivity contribution is -0.177. The number of hydrogen-bond acceptors (Lipinski definition) is 2. The van der Waals surface area contributed by atoms with Gasteiger partial charge in [0.1, 0.15) is 0 Å². The van der Waals surface area contributed by atoms with Gasteiger partial charge in [0, 0.05) is 0 Å². The van der Waals surface area contributed by atoms with E-state index in [0.717, 1.165) is 11.8 Å². The van der Waals surface area contributed by atoms with Crippen LogP contribution in [0.4, 0.5) is 0 Å². The fourth-order valence-corrected chi connectivity index (χ4v) is 7.01. The molecule has 0 N–H and O–H groups in total. The molecule has 20 heavy (non-hydrogen) atoms. The molecule has 1 saturated heterocycles. The number of ether oxygens (including phenoxy) is 2. The van der Waals surface area contributed by atoms with Gasteiger partial charge in [-0.25, -0.2) is 0 Å². The highest BCUT2D eigenvalue weighted by molar-refractivity contribution is 5.21. The van der Waals surface area contributed by atoms with Crippen LogP contribution in [0.2, 0.25) is 0 Å². The Bertz CT molecular complexity index is 454. The molecule has 4 aliphatic rings. The highest BCUT2D eigenvalue weighted by Gasteiger charge is 2.73. The first kappa shape index (κ1) is 13.6. The molecule has 0 aromatic heterocycles. The Morgan fingerprint density at radius 1 is 0.900 bits per heavy atom. The monoisotopic (exact) mass is 278 g/mol. The zero-order chi connectivity index (χ0) is 14.6. The van der Waals surface area contributed by atoms with Gasteiger partial charge in [0.15, 0.2) is 5.79 Å². The molecule has 1 aliphatic heterocycles. The second-order valence-electron chi connectivity index (χ2n) is 9.34. The van der Waals surface area contributed by atoms with E-state index in [4.69, 9.17) is 9.47 Å². The molecule has 3 saturated carbocycles. The summed E-state index contributed by atoms with van der Waals surface area (Å²) >= 11 is 0. The quantitative estimate of drug-likeness (QED) is 0.654. The zero-order valence-electron chi connectivity index (χ0n) is 14.0. The zero-order valence-corrected chi connectivity index (χ0v) is 14.0. The summed E-state index contributed by atoms with van der Waals surface area (Å²) in [6.07, 6.45) is 5.70. The van der Waals surface area contributed by atoms with Crippen LogP contribution in [0.25, 0.3) is 0 Å². The van der Waals surface area contributed by atoms with Crippen LogP contribution in [0.1, 0.15) is 67.2 Å². The minimum Gasteiger partial charge on any atom is -0.344 e. The van der Waals surface area contributed by atoms with Gasteiger partial charge in [0.25, 0.3) is 0 Å². The maximum absolute atomic E-state index is 6.48. The molecule has 0 unspecified atom stereocenters. The van der Waals surface area contributed by atoms with Crippen molar-refractivity contribution in [3.63, 3.8) is 0 Å². The molecule has 2 bridgehead atoms. The Morgan fingerprint density at radius 2 is 1.60 bits per heavy atom. The van der Waals surface area contributed by atoms with Crippen LogP contribution in [0.3, 0.4) is 0 Å². The van der Waals surface area contributed by atoms with E-state index in [0.29, 0.717) is 22.9 Å². The SMILES string of the molecule is C[C@H]1CC[C@H]2C(C)(C)[C@H]3C[C@@]12C[C@@H]1OC(C)(C)O[C@]13C. The fraction of sp³-hybridized carbons (Fsp3) is 1.00. The molecule has 114 valence electrons. The van der Waals surface area contributed by atoms with E-state index in [-0.39, 0.29) is 5.60 Å². The van der Waals surface area contributed by atoms with Crippen molar-refractivity contribution < 1.29 is 9.47 Å². The molecule has 1 heterocycles. The minimum atomic E-state index is -0.409. The summed E-state index contributed by atoms with van der Waals surface area (Å²) in [4.78, 5) is 0. The van der Waals surface area contributed by atoms with E-state index in [2.05, 4.69) is 41.5 Å². The summed E-state index contributed by atoms with van der Waals surface area (Å²) in [6, 6.07) is 0. The van der Waals surface area contributed by atoms with E-state index in [1.54, 1.807) is 0 Å². The van der Waals surface area contributed by atoms with Gasteiger partial charge in [0.05, 0.1) is 11.7 Å². The standard InChI is InChI=1S/C18H30O2/c1-11-7-8-12-15(2,3)13-9-18(11,12)10-14-17(13,6)20-16(4,5)19-14/h11-14H,7-10H2,1-6H3/t11-,12-,13+,14-,17-,18+/m0/s1. The number of fused-ring (bicyclic) bond motifs is 3. The minimum absolute atomic E-state index is 0.0810. The second kappa shape index (κ2) is 3.46. The molecule has 2 heteroatoms. The number of hydrogen-bond donors (Lipinski definition) is 0. The van der Waals surface area contributed by atoms with Crippen molar-refractivity contribution in [3.05, 3.63) is 0 Å². The Labute approximate surface area is 123 Å². The normalized spacial score (nSPS) is 58.5. The van der Waals surface area contributed by atoms with Gasteiger partial charge in [0.2, 0.25) is 0 Å². The van der Waals surface area contributed by atoms with Crippen molar-refractivity contribution in [2.24, 2.45) is 28.6 Å². The average molecular weight is 278 g/mol. The molecule has 0 radical (unpaired) electrons. The van der Waals surface area contributed by atoms with E-state index in [1.807, 2.05) is 0 Å². The third-order valence-corrected chi connectivity index (χ3v) is 7.73. The lowest BCUT2D eigenvalue weighted by atomic mass is 9.63. The lowest BCUT2D eigenvalue weighted by Crippen LogP contribution is -2.52. The topological polar surface area (TPSA) is 18.5 Å². The molecule has 3 aliphatic carbocycles. The molecule has 0 aromatic carbocycles. The fourth-order valence-electron chi connectivity index (χ4n) is 7.01. The van der Waals surface area contributed by atoms with Gasteiger partial charge in [-0.05, 0) is 75.0 Å². The van der Waals surface area contributed by atoms with Gasteiger partial charge in [-0.15, -0.1) is 0 Å². The highest BCUT2D eigenvalue weighted by atomic mass is 16.8. The van der Waals surface area contributed by atoms with E-state index in [9.17, 15) is 0 Å². The summed E-state index contributed by atoms with van der Waals surface area (Å²) in [7, 11) is 0. The van der Waals surface area contributed by atoms with Gasteiger partial charge in [-0.3, -0.25) is 0 Å². The Balaban J connectivity index is 1.82. The summed E-state index contributed by atoms with van der Waals surface area (Å²) in [5.74, 6) is 1.96. The molecular weight excluding hydrogens is 248 g/mol. The van der Waals surface area contributed by atoms with Crippen LogP contribution in [0.5, 0.6) is 0 Å². The molecule has 2 nitrogen and oxygen atoms in total. The molecule has 0 aromatic rings. The second-order valence-corrected chi connectivity index (χ2v) is 9.34. The average Bonchev–Trinajstić information content (AvgIpc) is 2.80. The molecule has 0 amide bonds. The predicted molar refractivity (Wildman–Crippen MR) is 79.3 cm³/mol. The van der Waals surface area contributed by atoms with Crippen LogP contribution < -0.4 is 0 Å². The Hall–Kier alpha value is -0.0800. The summed E-state index contributed by atoms with van der Waals surface area (Å²) < 4.78 is 12.8. The van der Waals surface area contributed by atoms with Crippen molar-refractivity contribution in [2.45, 2.75) is 84.7 Å². The largest absolute Gasteiger partial charge is 0.344 e. The third kappa shape index (κ3) is 1.34. The van der Waals surface area contributed by atoms with Crippen molar-refractivity contribution in [1.82, 2.24) is 0 Å². The van der Waals surface area contributed by atoms with E-state index < -0.39 is 5.79 Å². The molecule has 4 fully saturated rings. The molecule has 1 spiro atoms. The van der Waals surface area contributed by atoms with Gasteiger partial charge in [-0.2, -0.15) is 0 Å². The first-order valence-electron chi connectivity index (χ1n) is 8.50. The summed E-state index contributed by atoms with van der Waals surface area (Å²) in [5, 5.41) is 0. The third-order valence-electron chi connectivity index (χ3n) is 7.73. The van der Waals surface area contributed by atoms with Crippen LogP contribution in [-0.4, -0.2) is 17.5 Å². The smallest absolute Gasteiger partial charge is 0.164 e. The Morgan fingerprint density at radius 3 is 2.30 bits per heavy atom. The van der Waals surface area contributed by atoms with Gasteiger partial charge in [-0.1, -0.05) is 20.8 Å². The molecule has 4 rings (SSSR count). The Kier molecular flexibility index (Phi) is 2.35. The van der Waals surface area contributed by atoms with Crippen molar-refractivity contribution >= 4 is 0 Å². The maximum atomic E-state index is 6.48. The van der Waals surface area contributed by atoms with Crippen LogP contribution in [-0.2, 0) is 9.47 Å². The van der Waals surface area contributed by atoms with Crippen LogP contribution in [0.15, 0.2) is 0 Å². The summed E-state index contributed by atoms with van der Waals surface area (Å²) in [6.45, 7) is 14.0. The summed E-state index contributed by atoms with van der Waals surface area (Å²) in [5.41, 5.74) is 0.836. The van der Waals surface area contributed by atoms with Gasteiger partial charge >= 0.3 is 0 Å². The van der Waals surface area contributed by atoms with Gasteiger partial charge < -0.3 is 9.47 Å². The predicted octanol–water partition coefficient (Wildman–Crippen LogP) is 4.38. The van der Waals surface area contributed by atoms with Crippen molar-refractivity contribution in [3.8, 4) is 0 Å². The lowest BCUT2D eigenvalue weighted by Gasteiger charge is -2.47. The van der Waals surface area contributed by atoms with Crippen LogP contribution in [0, 0.1) is 28.6 Å².